The van der Waals surface area contributed by atoms with Crippen molar-refractivity contribution in [2.45, 2.75) is 6.04 Å². The van der Waals surface area contributed by atoms with Crippen molar-refractivity contribution < 1.29 is 18.6 Å². The minimum Gasteiger partial charge on any atom is -0.396 e. The summed E-state index contributed by atoms with van der Waals surface area (Å²) in [5.74, 6) is -0.415. The molecular weight excluding hydrogens is 334 g/mol. The van der Waals surface area contributed by atoms with Crippen LogP contribution in [-0.4, -0.2) is 68.8 Å². The van der Waals surface area contributed by atoms with Crippen molar-refractivity contribution in [1.82, 2.24) is 22.8 Å². The van der Waals surface area contributed by atoms with Gasteiger partial charge in [0.25, 0.3) is 0 Å². The Labute approximate surface area is 139 Å². The van der Waals surface area contributed by atoms with E-state index in [1.165, 1.54) is 26.6 Å². The molecule has 0 bridgehead atoms. The SMILES string of the molecule is CN(C)S(=O)(=O)n1cnc([C@H]2[C@H](CO)C(CO)=Cc3cncn32)c1. The summed E-state index contributed by atoms with van der Waals surface area (Å²) in [6.07, 6.45) is 7.67. The fraction of sp³-hybridized carbons (Fsp3) is 0.429. The Balaban J connectivity index is 2.09. The summed E-state index contributed by atoms with van der Waals surface area (Å²) < 4.78 is 28.4. The average Bonchev–Trinajstić information content (AvgIpc) is 3.21. The van der Waals surface area contributed by atoms with E-state index >= 15 is 0 Å². The summed E-state index contributed by atoms with van der Waals surface area (Å²) in [7, 11) is -0.791. The van der Waals surface area contributed by atoms with Gasteiger partial charge in [-0.3, -0.25) is 0 Å². The van der Waals surface area contributed by atoms with Gasteiger partial charge in [-0.05, 0) is 11.6 Å². The highest BCUT2D eigenvalue weighted by atomic mass is 32.2. The monoisotopic (exact) mass is 353 g/mol. The van der Waals surface area contributed by atoms with E-state index in [2.05, 4.69) is 9.97 Å². The third kappa shape index (κ3) is 2.57. The van der Waals surface area contributed by atoms with E-state index in [-0.39, 0.29) is 13.2 Å². The number of rotatable bonds is 5. The fourth-order valence-electron chi connectivity index (χ4n) is 2.87. The fourth-order valence-corrected chi connectivity index (χ4v) is 3.65. The van der Waals surface area contributed by atoms with E-state index in [9.17, 15) is 18.6 Å². The molecule has 2 atom stereocenters. The van der Waals surface area contributed by atoms with E-state index in [0.29, 0.717) is 11.3 Å². The van der Waals surface area contributed by atoms with Crippen LogP contribution < -0.4 is 0 Å². The Morgan fingerprint density at radius 2 is 2.04 bits per heavy atom. The number of aliphatic hydroxyl groups excluding tert-OH is 2. The molecule has 0 amide bonds. The van der Waals surface area contributed by atoms with Gasteiger partial charge < -0.3 is 14.8 Å². The van der Waals surface area contributed by atoms with Gasteiger partial charge in [-0.1, -0.05) is 0 Å². The van der Waals surface area contributed by atoms with E-state index in [4.69, 9.17) is 0 Å². The van der Waals surface area contributed by atoms with Crippen molar-refractivity contribution in [3.8, 4) is 0 Å². The number of fused-ring (bicyclic) bond motifs is 1. The summed E-state index contributed by atoms with van der Waals surface area (Å²) >= 11 is 0. The molecule has 1 aliphatic heterocycles. The largest absolute Gasteiger partial charge is 0.396 e. The normalized spacial score (nSPS) is 21.0. The first-order chi connectivity index (χ1) is 11.4. The summed E-state index contributed by atoms with van der Waals surface area (Å²) in [6.45, 7) is -0.411. The van der Waals surface area contributed by atoms with Gasteiger partial charge in [0.1, 0.15) is 6.33 Å². The zero-order valence-electron chi connectivity index (χ0n) is 13.3. The van der Waals surface area contributed by atoms with Crippen molar-refractivity contribution in [1.29, 1.82) is 0 Å². The first-order valence-corrected chi connectivity index (χ1v) is 8.70. The maximum Gasteiger partial charge on any atom is 0.308 e. The molecular formula is C14H19N5O4S. The van der Waals surface area contributed by atoms with Crippen LogP contribution in [0.15, 0.2) is 30.6 Å². The van der Waals surface area contributed by atoms with Gasteiger partial charge in [0.2, 0.25) is 0 Å². The summed E-state index contributed by atoms with van der Waals surface area (Å²) in [5.41, 5.74) is 1.89. The molecule has 1 aliphatic rings. The van der Waals surface area contributed by atoms with E-state index in [1.54, 1.807) is 18.6 Å². The Bertz CT molecular complexity index is 867. The molecule has 3 heterocycles. The lowest BCUT2D eigenvalue weighted by atomic mass is 9.87. The van der Waals surface area contributed by atoms with Crippen LogP contribution in [0, 0.1) is 5.92 Å². The number of aliphatic hydroxyl groups is 2. The van der Waals surface area contributed by atoms with Crippen LogP contribution >= 0.6 is 0 Å². The van der Waals surface area contributed by atoms with Gasteiger partial charge >= 0.3 is 10.2 Å². The van der Waals surface area contributed by atoms with Gasteiger partial charge in [0, 0.05) is 26.2 Å². The molecule has 0 saturated heterocycles. The molecule has 0 unspecified atom stereocenters. The van der Waals surface area contributed by atoms with E-state index in [0.717, 1.165) is 14.0 Å². The van der Waals surface area contributed by atoms with Crippen LogP contribution in [0.2, 0.25) is 0 Å². The highest BCUT2D eigenvalue weighted by Gasteiger charge is 2.34. The number of imidazole rings is 2. The van der Waals surface area contributed by atoms with E-state index < -0.39 is 22.2 Å². The maximum atomic E-state index is 12.2. The number of hydrogen-bond donors (Lipinski definition) is 2. The van der Waals surface area contributed by atoms with Gasteiger partial charge in [-0.25, -0.2) is 13.9 Å². The van der Waals surface area contributed by atoms with Crippen molar-refractivity contribution in [2.75, 3.05) is 27.3 Å². The number of nitrogens with zero attached hydrogens (tertiary/aromatic N) is 5. The van der Waals surface area contributed by atoms with Crippen LogP contribution in [0.5, 0.6) is 0 Å². The number of hydrogen-bond acceptors (Lipinski definition) is 6. The summed E-state index contributed by atoms with van der Waals surface area (Å²) in [6, 6.07) is -0.446. The lowest BCUT2D eigenvalue weighted by Crippen LogP contribution is -2.30. The first kappa shape index (κ1) is 16.8. The highest BCUT2D eigenvalue weighted by molar-refractivity contribution is 7.87. The third-order valence-electron chi connectivity index (χ3n) is 4.18. The second kappa shape index (κ2) is 6.13. The lowest BCUT2D eigenvalue weighted by Gasteiger charge is -2.31. The van der Waals surface area contributed by atoms with Crippen LogP contribution in [-0.2, 0) is 10.2 Å². The molecule has 2 aromatic rings. The number of aromatic nitrogens is 4. The topological polar surface area (TPSA) is 113 Å². The van der Waals surface area contributed by atoms with Crippen molar-refractivity contribution in [2.24, 2.45) is 5.92 Å². The van der Waals surface area contributed by atoms with Gasteiger partial charge in [-0.2, -0.15) is 12.7 Å². The third-order valence-corrected chi connectivity index (χ3v) is 5.83. The predicted octanol–water partition coefficient (Wildman–Crippen LogP) is -0.679. The van der Waals surface area contributed by atoms with Crippen molar-refractivity contribution in [3.63, 3.8) is 0 Å². The standard InChI is InChI=1S/C14H19N5O4S/c1-17(2)24(22,23)18-5-13(16-9-18)14-12(7-21)10(6-20)3-11-4-15-8-19(11)14/h3-5,8-9,12,14,20-21H,6-7H2,1-2H3/t12-,14-/m1/s1. The van der Waals surface area contributed by atoms with Crippen LogP contribution in [0.4, 0.5) is 0 Å². The zero-order chi connectivity index (χ0) is 17.5. The van der Waals surface area contributed by atoms with Crippen LogP contribution in [0.3, 0.4) is 0 Å². The maximum absolute atomic E-state index is 12.2. The molecule has 2 N–H and O–H groups in total. The first-order valence-electron chi connectivity index (χ1n) is 7.31. The van der Waals surface area contributed by atoms with E-state index in [1.807, 2.05) is 4.57 Å². The Morgan fingerprint density at radius 1 is 1.29 bits per heavy atom. The summed E-state index contributed by atoms with van der Waals surface area (Å²) in [5, 5.41) is 19.4. The molecule has 0 fully saturated rings. The van der Waals surface area contributed by atoms with Crippen molar-refractivity contribution in [3.05, 3.63) is 42.0 Å². The summed E-state index contributed by atoms with van der Waals surface area (Å²) in [4.78, 5) is 8.32. The highest BCUT2D eigenvalue weighted by Crippen LogP contribution is 2.36. The average molecular weight is 353 g/mol. The molecule has 0 saturated carbocycles. The van der Waals surface area contributed by atoms with Gasteiger partial charge in [0.05, 0.1) is 43.2 Å². The van der Waals surface area contributed by atoms with Gasteiger partial charge in [0.15, 0.2) is 0 Å². The Kier molecular flexibility index (Phi) is 4.30. The van der Waals surface area contributed by atoms with Gasteiger partial charge in [-0.15, -0.1) is 0 Å². The molecule has 24 heavy (non-hydrogen) atoms. The molecule has 0 radical (unpaired) electrons. The molecule has 0 aromatic carbocycles. The molecule has 0 aliphatic carbocycles. The lowest BCUT2D eigenvalue weighted by molar-refractivity contribution is 0.194. The minimum atomic E-state index is -3.67. The quantitative estimate of drug-likeness (QED) is 0.736. The second-order valence-corrected chi connectivity index (χ2v) is 7.80. The molecule has 3 rings (SSSR count). The Hall–Kier alpha value is -2.01. The van der Waals surface area contributed by atoms with Crippen LogP contribution in [0.1, 0.15) is 17.4 Å². The predicted molar refractivity (Wildman–Crippen MR) is 86.2 cm³/mol. The molecule has 10 heteroatoms. The molecule has 130 valence electrons. The molecule has 0 spiro atoms. The Morgan fingerprint density at radius 3 is 2.67 bits per heavy atom. The smallest absolute Gasteiger partial charge is 0.308 e. The van der Waals surface area contributed by atoms with Crippen molar-refractivity contribution >= 4 is 16.3 Å². The van der Waals surface area contributed by atoms with Crippen LogP contribution in [0.25, 0.3) is 6.08 Å². The molecule has 9 nitrogen and oxygen atoms in total. The molecule has 2 aromatic heterocycles. The zero-order valence-corrected chi connectivity index (χ0v) is 14.1. The minimum absolute atomic E-state index is 0.205. The second-order valence-electron chi connectivity index (χ2n) is 5.76.